The average molecular weight is 217 g/mol. The van der Waals surface area contributed by atoms with E-state index in [0.717, 1.165) is 0 Å². The number of nitrogens with zero attached hydrogens (tertiary/aromatic N) is 2. The Morgan fingerprint density at radius 3 is 2.67 bits per heavy atom. The quantitative estimate of drug-likeness (QED) is 0.813. The molecule has 0 aliphatic carbocycles. The summed E-state index contributed by atoms with van der Waals surface area (Å²) in [6.45, 7) is 0.875. The fourth-order valence-electron chi connectivity index (χ4n) is 0.889. The summed E-state index contributed by atoms with van der Waals surface area (Å²) >= 11 is 0. The summed E-state index contributed by atoms with van der Waals surface area (Å²) in [4.78, 5) is 5.32. The van der Waals surface area contributed by atoms with Gasteiger partial charge in [0.25, 0.3) is 5.88 Å². The van der Waals surface area contributed by atoms with Gasteiger partial charge in [0.15, 0.2) is 17.5 Å². The molecule has 0 amide bonds. The van der Waals surface area contributed by atoms with E-state index in [1.807, 2.05) is 19.0 Å². The van der Waals surface area contributed by atoms with Gasteiger partial charge in [0, 0.05) is 12.6 Å². The zero-order valence-corrected chi connectivity index (χ0v) is 8.63. The highest BCUT2D eigenvalue weighted by atomic mass is 19.1. The van der Waals surface area contributed by atoms with Crippen molar-refractivity contribution in [3.63, 3.8) is 0 Å². The molecule has 0 aliphatic rings. The van der Waals surface area contributed by atoms with Crippen LogP contribution in [0.4, 0.5) is 14.6 Å². The second-order valence-electron chi connectivity index (χ2n) is 3.29. The van der Waals surface area contributed by atoms with Gasteiger partial charge in [-0.15, -0.1) is 0 Å². The van der Waals surface area contributed by atoms with Crippen LogP contribution in [0.5, 0.6) is 5.88 Å². The van der Waals surface area contributed by atoms with Crippen molar-refractivity contribution in [2.45, 2.75) is 0 Å². The fourth-order valence-corrected chi connectivity index (χ4v) is 0.889. The summed E-state index contributed by atoms with van der Waals surface area (Å²) in [6, 6.07) is 0.660. The number of likely N-dealkylation sites (N-methyl/N-ethyl adjacent to an activating group) is 1. The van der Waals surface area contributed by atoms with Gasteiger partial charge in [0.2, 0.25) is 0 Å². The van der Waals surface area contributed by atoms with Crippen LogP contribution in [0.1, 0.15) is 0 Å². The van der Waals surface area contributed by atoms with Crippen LogP contribution in [-0.2, 0) is 0 Å². The standard InChI is InChI=1S/C9H13F2N3O/c1-14(2)3-4-15-9-7(11)5-6(10)8(12)13-9/h5H,3-4H2,1-2H3,(H2,12,13). The summed E-state index contributed by atoms with van der Waals surface area (Å²) in [5, 5.41) is 0. The minimum atomic E-state index is -0.882. The predicted molar refractivity (Wildman–Crippen MR) is 52.6 cm³/mol. The lowest BCUT2D eigenvalue weighted by Crippen LogP contribution is -2.20. The molecule has 1 rings (SSSR count). The lowest BCUT2D eigenvalue weighted by Gasteiger charge is -2.11. The van der Waals surface area contributed by atoms with E-state index in [-0.39, 0.29) is 18.3 Å². The maximum atomic E-state index is 13.1. The Morgan fingerprint density at radius 1 is 1.40 bits per heavy atom. The van der Waals surface area contributed by atoms with Gasteiger partial charge in [-0.1, -0.05) is 0 Å². The van der Waals surface area contributed by atoms with Crippen molar-refractivity contribution in [3.8, 4) is 5.88 Å². The van der Waals surface area contributed by atoms with Crippen LogP contribution in [0.15, 0.2) is 6.07 Å². The Morgan fingerprint density at radius 2 is 2.07 bits per heavy atom. The van der Waals surface area contributed by atoms with Crippen molar-refractivity contribution in [1.82, 2.24) is 9.88 Å². The first-order valence-corrected chi connectivity index (χ1v) is 4.39. The number of pyridine rings is 1. The molecule has 1 aromatic heterocycles. The number of nitrogens with two attached hydrogens (primary N) is 1. The summed E-state index contributed by atoms with van der Waals surface area (Å²) in [5.41, 5.74) is 5.18. The first-order chi connectivity index (χ1) is 7.00. The highest BCUT2D eigenvalue weighted by Crippen LogP contribution is 2.18. The van der Waals surface area contributed by atoms with Crippen LogP contribution in [0, 0.1) is 11.6 Å². The second-order valence-corrected chi connectivity index (χ2v) is 3.29. The topological polar surface area (TPSA) is 51.4 Å². The summed E-state index contributed by atoms with van der Waals surface area (Å²) in [5.74, 6) is -2.36. The van der Waals surface area contributed by atoms with Crippen molar-refractivity contribution < 1.29 is 13.5 Å². The highest BCUT2D eigenvalue weighted by Gasteiger charge is 2.10. The molecule has 0 radical (unpaired) electrons. The molecule has 15 heavy (non-hydrogen) atoms. The van der Waals surface area contributed by atoms with Crippen LogP contribution < -0.4 is 10.5 Å². The van der Waals surface area contributed by atoms with Gasteiger partial charge in [-0.3, -0.25) is 0 Å². The van der Waals surface area contributed by atoms with E-state index in [9.17, 15) is 8.78 Å². The lowest BCUT2D eigenvalue weighted by molar-refractivity contribution is 0.243. The average Bonchev–Trinajstić information content (AvgIpc) is 2.13. The maximum Gasteiger partial charge on any atom is 0.252 e. The first-order valence-electron chi connectivity index (χ1n) is 4.39. The minimum absolute atomic E-state index is 0.266. The van der Waals surface area contributed by atoms with E-state index in [4.69, 9.17) is 10.5 Å². The zero-order valence-electron chi connectivity index (χ0n) is 8.63. The van der Waals surface area contributed by atoms with E-state index in [1.54, 1.807) is 0 Å². The largest absolute Gasteiger partial charge is 0.474 e. The van der Waals surface area contributed by atoms with Crippen molar-refractivity contribution in [3.05, 3.63) is 17.7 Å². The summed E-state index contributed by atoms with van der Waals surface area (Å²) in [6.07, 6.45) is 0. The molecular weight excluding hydrogens is 204 g/mol. The molecule has 0 spiro atoms. The molecule has 6 heteroatoms. The first kappa shape index (κ1) is 11.6. The van der Waals surface area contributed by atoms with E-state index in [2.05, 4.69) is 4.98 Å². The maximum absolute atomic E-state index is 13.1. The molecule has 0 aliphatic heterocycles. The smallest absolute Gasteiger partial charge is 0.252 e. The predicted octanol–water partition coefficient (Wildman–Crippen LogP) is 0.882. The number of anilines is 1. The molecule has 1 aromatic rings. The molecule has 1 heterocycles. The third kappa shape index (κ3) is 3.32. The van der Waals surface area contributed by atoms with Crippen LogP contribution >= 0.6 is 0 Å². The fraction of sp³-hybridized carbons (Fsp3) is 0.444. The van der Waals surface area contributed by atoms with Gasteiger partial charge in [-0.25, -0.2) is 8.78 Å². The normalized spacial score (nSPS) is 10.7. The number of nitrogen functional groups attached to an aromatic ring is 1. The van der Waals surface area contributed by atoms with Crippen molar-refractivity contribution in [1.29, 1.82) is 0 Å². The monoisotopic (exact) mass is 217 g/mol. The number of ether oxygens (including phenoxy) is 1. The number of aromatic nitrogens is 1. The molecule has 0 bridgehead atoms. The van der Waals surface area contributed by atoms with E-state index in [0.29, 0.717) is 12.6 Å². The van der Waals surface area contributed by atoms with E-state index >= 15 is 0 Å². The molecule has 4 nitrogen and oxygen atoms in total. The number of hydrogen-bond donors (Lipinski definition) is 1. The van der Waals surface area contributed by atoms with Crippen LogP contribution in [0.2, 0.25) is 0 Å². The molecule has 0 aromatic carbocycles. The van der Waals surface area contributed by atoms with Crippen LogP contribution in [0.25, 0.3) is 0 Å². The lowest BCUT2D eigenvalue weighted by atomic mass is 10.4. The molecule has 84 valence electrons. The van der Waals surface area contributed by atoms with Crippen molar-refractivity contribution >= 4 is 5.82 Å². The molecule has 2 N–H and O–H groups in total. The highest BCUT2D eigenvalue weighted by molar-refractivity contribution is 5.34. The summed E-state index contributed by atoms with van der Waals surface area (Å²) in [7, 11) is 3.71. The molecule has 0 atom stereocenters. The Hall–Kier alpha value is -1.43. The van der Waals surface area contributed by atoms with Gasteiger partial charge in [-0.2, -0.15) is 4.98 Å². The van der Waals surface area contributed by atoms with Crippen molar-refractivity contribution in [2.75, 3.05) is 33.0 Å². The number of hydrogen-bond acceptors (Lipinski definition) is 4. The Kier molecular flexibility index (Phi) is 3.79. The van der Waals surface area contributed by atoms with E-state index in [1.165, 1.54) is 0 Å². The Labute approximate surface area is 86.7 Å². The zero-order chi connectivity index (χ0) is 11.4. The van der Waals surface area contributed by atoms with Gasteiger partial charge in [0.05, 0.1) is 0 Å². The Balaban J connectivity index is 2.65. The van der Waals surface area contributed by atoms with Crippen molar-refractivity contribution in [2.24, 2.45) is 0 Å². The van der Waals surface area contributed by atoms with Crippen LogP contribution in [-0.4, -0.2) is 37.1 Å². The van der Waals surface area contributed by atoms with Gasteiger partial charge in [-0.05, 0) is 14.1 Å². The minimum Gasteiger partial charge on any atom is -0.474 e. The van der Waals surface area contributed by atoms with Gasteiger partial charge in [0.1, 0.15) is 6.61 Å². The number of halogens is 2. The summed E-state index contributed by atoms with van der Waals surface area (Å²) < 4.78 is 30.8. The molecule has 0 saturated heterocycles. The van der Waals surface area contributed by atoms with Gasteiger partial charge < -0.3 is 15.4 Å². The van der Waals surface area contributed by atoms with E-state index < -0.39 is 11.6 Å². The third-order valence-corrected chi connectivity index (χ3v) is 1.70. The van der Waals surface area contributed by atoms with Gasteiger partial charge >= 0.3 is 0 Å². The SMILES string of the molecule is CN(C)CCOc1nc(N)c(F)cc1F. The molecular formula is C9H13F2N3O. The second kappa shape index (κ2) is 4.88. The molecule has 0 unspecified atom stereocenters. The van der Waals surface area contributed by atoms with Crippen LogP contribution in [0.3, 0.4) is 0 Å². The molecule has 0 fully saturated rings. The Bertz CT molecular complexity index is 344. The number of rotatable bonds is 4. The third-order valence-electron chi connectivity index (χ3n) is 1.70. The molecule has 0 saturated carbocycles.